The molecule has 0 saturated heterocycles. The third-order valence-corrected chi connectivity index (χ3v) is 5.00. The number of nitrogens with one attached hydrogen (secondary N) is 1. The first kappa shape index (κ1) is 23.6. The number of benzene rings is 1. The Morgan fingerprint density at radius 2 is 1.90 bits per heavy atom. The van der Waals surface area contributed by atoms with E-state index in [9.17, 15) is 22.4 Å². The van der Waals surface area contributed by atoms with Gasteiger partial charge in [-0.3, -0.25) is 4.79 Å². The molecule has 1 atom stereocenters. The topological polar surface area (TPSA) is 68.0 Å². The largest absolute Gasteiger partial charge is 0.433 e. The highest BCUT2D eigenvalue weighted by molar-refractivity contribution is 5.83. The van der Waals surface area contributed by atoms with Gasteiger partial charge in [-0.2, -0.15) is 13.2 Å². The number of alkyl halides is 3. The number of rotatable bonds is 9. The second-order valence-corrected chi connectivity index (χ2v) is 7.33. The third kappa shape index (κ3) is 6.43. The molecular weight excluding hydrogens is 398 g/mol. The first-order valence-corrected chi connectivity index (χ1v) is 10.0. The number of aryl methyl sites for hydroxylation is 1. The Morgan fingerprint density at radius 3 is 2.53 bits per heavy atom. The van der Waals surface area contributed by atoms with Crippen LogP contribution in [0.15, 0.2) is 30.3 Å². The number of hydrogen-bond donors (Lipinski definition) is 2. The zero-order chi connectivity index (χ0) is 22.3. The lowest BCUT2D eigenvalue weighted by Crippen LogP contribution is -2.28. The summed E-state index contributed by atoms with van der Waals surface area (Å²) in [6.45, 7) is 3.73. The SMILES string of the molecule is CCCCCCc1nc(C(F)(F)F)ccc1CNC(=O)C(C)c1ccc(N)c(F)c1. The molecule has 0 fully saturated rings. The number of unbranched alkanes of at least 4 members (excludes halogenated alkanes) is 3. The van der Waals surface area contributed by atoms with Gasteiger partial charge in [0, 0.05) is 12.2 Å². The minimum atomic E-state index is -4.52. The van der Waals surface area contributed by atoms with Gasteiger partial charge in [-0.15, -0.1) is 0 Å². The molecule has 4 nitrogen and oxygen atoms in total. The molecule has 0 saturated carbocycles. The first-order chi connectivity index (χ1) is 14.1. The van der Waals surface area contributed by atoms with E-state index >= 15 is 0 Å². The highest BCUT2D eigenvalue weighted by atomic mass is 19.4. The minimum absolute atomic E-state index is 0.00472. The molecule has 1 aromatic heterocycles. The van der Waals surface area contributed by atoms with E-state index in [2.05, 4.69) is 17.2 Å². The van der Waals surface area contributed by atoms with E-state index in [1.807, 2.05) is 0 Å². The highest BCUT2D eigenvalue weighted by Gasteiger charge is 2.33. The van der Waals surface area contributed by atoms with Gasteiger partial charge < -0.3 is 11.1 Å². The number of carbonyl (C=O) groups is 1. The van der Waals surface area contributed by atoms with Gasteiger partial charge in [0.15, 0.2) is 0 Å². The van der Waals surface area contributed by atoms with Crippen molar-refractivity contribution in [2.45, 2.75) is 64.6 Å². The molecule has 30 heavy (non-hydrogen) atoms. The van der Waals surface area contributed by atoms with Crippen LogP contribution in [-0.4, -0.2) is 10.9 Å². The monoisotopic (exact) mass is 425 g/mol. The number of amides is 1. The maximum atomic E-state index is 13.7. The first-order valence-electron chi connectivity index (χ1n) is 10.0. The van der Waals surface area contributed by atoms with E-state index in [0.29, 0.717) is 23.2 Å². The summed E-state index contributed by atoms with van der Waals surface area (Å²) >= 11 is 0. The Labute approximate surface area is 173 Å². The van der Waals surface area contributed by atoms with Crippen LogP contribution in [0.25, 0.3) is 0 Å². The van der Waals surface area contributed by atoms with Crippen LogP contribution in [0.3, 0.4) is 0 Å². The van der Waals surface area contributed by atoms with Crippen molar-refractivity contribution >= 4 is 11.6 Å². The molecule has 0 radical (unpaired) electrons. The predicted octanol–water partition coefficient (Wildman–Crippen LogP) is 5.36. The van der Waals surface area contributed by atoms with E-state index in [1.165, 1.54) is 18.2 Å². The minimum Gasteiger partial charge on any atom is -0.396 e. The molecule has 8 heteroatoms. The normalized spacial score (nSPS) is 12.6. The molecule has 2 rings (SSSR count). The zero-order valence-electron chi connectivity index (χ0n) is 17.2. The summed E-state index contributed by atoms with van der Waals surface area (Å²) in [6.07, 6.45) is -0.463. The van der Waals surface area contributed by atoms with Crippen molar-refractivity contribution in [1.29, 1.82) is 0 Å². The van der Waals surface area contributed by atoms with Gasteiger partial charge in [0.1, 0.15) is 11.5 Å². The van der Waals surface area contributed by atoms with Crippen molar-refractivity contribution in [2.24, 2.45) is 0 Å². The van der Waals surface area contributed by atoms with Gasteiger partial charge in [0.2, 0.25) is 5.91 Å². The lowest BCUT2D eigenvalue weighted by molar-refractivity contribution is -0.141. The van der Waals surface area contributed by atoms with E-state index < -0.39 is 23.6 Å². The van der Waals surface area contributed by atoms with Crippen molar-refractivity contribution in [2.75, 3.05) is 5.73 Å². The summed E-state index contributed by atoms with van der Waals surface area (Å²) in [4.78, 5) is 16.3. The van der Waals surface area contributed by atoms with Crippen molar-refractivity contribution in [3.05, 3.63) is 58.7 Å². The number of nitrogens with two attached hydrogens (primary N) is 1. The number of halogens is 4. The average Bonchev–Trinajstić information content (AvgIpc) is 2.70. The van der Waals surface area contributed by atoms with Crippen LogP contribution in [0, 0.1) is 5.82 Å². The standard InChI is InChI=1S/C22H27F4N3O/c1-3-4-5-6-7-19-16(9-11-20(29-19)22(24,25)26)13-28-21(30)14(2)15-8-10-18(27)17(23)12-15/h8-12,14H,3-7,13,27H2,1-2H3,(H,28,30). The zero-order valence-corrected chi connectivity index (χ0v) is 17.2. The fraction of sp³-hybridized carbons (Fsp3) is 0.455. The van der Waals surface area contributed by atoms with Crippen LogP contribution < -0.4 is 11.1 Å². The van der Waals surface area contributed by atoms with Gasteiger partial charge >= 0.3 is 6.18 Å². The second-order valence-electron chi connectivity index (χ2n) is 7.33. The average molecular weight is 425 g/mol. The van der Waals surface area contributed by atoms with Gasteiger partial charge in [0.25, 0.3) is 0 Å². The van der Waals surface area contributed by atoms with Gasteiger partial charge in [-0.05, 0) is 49.1 Å². The van der Waals surface area contributed by atoms with Crippen molar-refractivity contribution in [1.82, 2.24) is 10.3 Å². The molecule has 1 heterocycles. The number of nitrogens with zero attached hydrogens (tertiary/aromatic N) is 1. The third-order valence-electron chi connectivity index (χ3n) is 5.00. The number of nitrogen functional groups attached to an aromatic ring is 1. The number of hydrogen-bond acceptors (Lipinski definition) is 3. The Bertz CT molecular complexity index is 868. The summed E-state index contributed by atoms with van der Waals surface area (Å²) in [5.74, 6) is -1.61. The smallest absolute Gasteiger partial charge is 0.396 e. The number of carbonyl (C=O) groups excluding carboxylic acids is 1. The molecule has 1 aromatic carbocycles. The second kappa shape index (κ2) is 10.4. The number of pyridine rings is 1. The summed E-state index contributed by atoms with van der Waals surface area (Å²) < 4.78 is 52.8. The molecule has 2 aromatic rings. The lowest BCUT2D eigenvalue weighted by atomic mass is 9.99. The van der Waals surface area contributed by atoms with Crippen LogP contribution in [-0.2, 0) is 23.9 Å². The van der Waals surface area contributed by atoms with Gasteiger partial charge in [0.05, 0.1) is 11.6 Å². The van der Waals surface area contributed by atoms with Crippen LogP contribution in [0.2, 0.25) is 0 Å². The van der Waals surface area contributed by atoms with E-state index in [1.54, 1.807) is 13.0 Å². The van der Waals surface area contributed by atoms with Crippen LogP contribution in [0.5, 0.6) is 0 Å². The quantitative estimate of drug-likeness (QED) is 0.323. The molecule has 1 unspecified atom stereocenters. The summed E-state index contributed by atoms with van der Waals surface area (Å²) in [5, 5.41) is 2.72. The predicted molar refractivity (Wildman–Crippen MR) is 108 cm³/mol. The van der Waals surface area contributed by atoms with E-state index in [4.69, 9.17) is 5.73 Å². The summed E-state index contributed by atoms with van der Waals surface area (Å²) in [5.41, 5.74) is 5.86. The molecule has 0 aliphatic carbocycles. The molecule has 0 aliphatic heterocycles. The summed E-state index contributed by atoms with van der Waals surface area (Å²) in [6, 6.07) is 6.46. The Balaban J connectivity index is 2.11. The van der Waals surface area contributed by atoms with Crippen molar-refractivity contribution in [3.63, 3.8) is 0 Å². The van der Waals surface area contributed by atoms with Crippen molar-refractivity contribution < 1.29 is 22.4 Å². The number of aromatic nitrogens is 1. The Kier molecular flexibility index (Phi) is 8.20. The Morgan fingerprint density at radius 1 is 1.17 bits per heavy atom. The van der Waals surface area contributed by atoms with Gasteiger partial charge in [-0.1, -0.05) is 38.3 Å². The molecule has 1 amide bonds. The van der Waals surface area contributed by atoms with Crippen molar-refractivity contribution in [3.8, 4) is 0 Å². The fourth-order valence-electron chi connectivity index (χ4n) is 3.08. The van der Waals surface area contributed by atoms with Gasteiger partial charge in [-0.25, -0.2) is 9.37 Å². The van der Waals surface area contributed by atoms with Crippen LogP contribution in [0.1, 0.15) is 68.0 Å². The lowest BCUT2D eigenvalue weighted by Gasteiger charge is -2.16. The van der Waals surface area contributed by atoms with E-state index in [0.717, 1.165) is 31.7 Å². The maximum absolute atomic E-state index is 13.7. The molecule has 3 N–H and O–H groups in total. The fourth-order valence-corrected chi connectivity index (χ4v) is 3.08. The molecule has 0 aliphatic rings. The Hall–Kier alpha value is -2.64. The van der Waals surface area contributed by atoms with Crippen LogP contribution in [0.4, 0.5) is 23.2 Å². The molecule has 164 valence electrons. The highest BCUT2D eigenvalue weighted by Crippen LogP contribution is 2.29. The molecular formula is C22H27F4N3O. The molecule has 0 bridgehead atoms. The van der Waals surface area contributed by atoms with Crippen LogP contribution >= 0.6 is 0 Å². The molecule has 0 spiro atoms. The van der Waals surface area contributed by atoms with E-state index in [-0.39, 0.29) is 18.1 Å². The number of anilines is 1. The summed E-state index contributed by atoms with van der Waals surface area (Å²) in [7, 11) is 0. The maximum Gasteiger partial charge on any atom is 0.433 e.